The Morgan fingerprint density at radius 3 is 2.33 bits per heavy atom. The second-order valence-electron chi connectivity index (χ2n) is 6.70. The van der Waals surface area contributed by atoms with Crippen molar-refractivity contribution in [1.29, 1.82) is 0 Å². The summed E-state index contributed by atoms with van der Waals surface area (Å²) in [4.78, 5) is 0. The van der Waals surface area contributed by atoms with Crippen molar-refractivity contribution in [2.75, 3.05) is 5.32 Å². The number of hydrogen-bond donors (Lipinski definition) is 1. The number of anilines is 1. The van der Waals surface area contributed by atoms with Gasteiger partial charge in [-0.25, -0.2) is 0 Å². The number of hydrogen-bond acceptors (Lipinski definition) is 2. The quantitative estimate of drug-likeness (QED) is 0.437. The number of benzene rings is 4. The standard InChI is InChI=1S/C25H23NO/c1-19-9-2-6-15-24(19)26-17-21-11-4-7-16-25(21)27-18-22-13-8-12-20-10-3-5-14-23(20)22/h2-16,26H,17-18H2,1H3. The maximum atomic E-state index is 6.21. The van der Waals surface area contributed by atoms with Gasteiger partial charge in [-0.3, -0.25) is 0 Å². The average molecular weight is 353 g/mol. The predicted octanol–water partition coefficient (Wildman–Crippen LogP) is 6.34. The summed E-state index contributed by atoms with van der Waals surface area (Å²) in [7, 11) is 0. The third kappa shape index (κ3) is 3.95. The van der Waals surface area contributed by atoms with Crippen molar-refractivity contribution in [3.63, 3.8) is 0 Å². The number of fused-ring (bicyclic) bond motifs is 1. The molecule has 2 heteroatoms. The molecule has 4 rings (SSSR count). The molecule has 0 heterocycles. The first-order valence-electron chi connectivity index (χ1n) is 9.28. The lowest BCUT2D eigenvalue weighted by molar-refractivity contribution is 0.304. The molecule has 0 saturated carbocycles. The van der Waals surface area contributed by atoms with Crippen LogP contribution in [0.25, 0.3) is 10.8 Å². The summed E-state index contributed by atoms with van der Waals surface area (Å²) < 4.78 is 6.21. The maximum Gasteiger partial charge on any atom is 0.124 e. The normalized spacial score (nSPS) is 10.7. The van der Waals surface area contributed by atoms with Crippen LogP contribution in [0.3, 0.4) is 0 Å². The Balaban J connectivity index is 1.50. The van der Waals surface area contributed by atoms with Gasteiger partial charge in [0.2, 0.25) is 0 Å². The molecule has 27 heavy (non-hydrogen) atoms. The molecule has 0 aliphatic rings. The molecule has 0 aliphatic heterocycles. The SMILES string of the molecule is Cc1ccccc1NCc1ccccc1OCc1cccc2ccccc12. The third-order valence-corrected chi connectivity index (χ3v) is 4.85. The van der Waals surface area contributed by atoms with E-state index in [0.29, 0.717) is 6.61 Å². The highest BCUT2D eigenvalue weighted by atomic mass is 16.5. The molecule has 0 bridgehead atoms. The molecular formula is C25H23NO. The van der Waals surface area contributed by atoms with Crippen LogP contribution in [0.15, 0.2) is 91.0 Å². The van der Waals surface area contributed by atoms with E-state index in [-0.39, 0.29) is 0 Å². The van der Waals surface area contributed by atoms with E-state index in [9.17, 15) is 0 Å². The number of rotatable bonds is 6. The number of aryl methyl sites for hydroxylation is 1. The largest absolute Gasteiger partial charge is 0.489 e. The Hall–Kier alpha value is -3.26. The molecule has 0 fully saturated rings. The van der Waals surface area contributed by atoms with Gasteiger partial charge >= 0.3 is 0 Å². The molecular weight excluding hydrogens is 330 g/mol. The Morgan fingerprint density at radius 1 is 0.704 bits per heavy atom. The topological polar surface area (TPSA) is 21.3 Å². The lowest BCUT2D eigenvalue weighted by Crippen LogP contribution is -2.04. The average Bonchev–Trinajstić information content (AvgIpc) is 2.72. The molecule has 0 radical (unpaired) electrons. The van der Waals surface area contributed by atoms with Crippen molar-refractivity contribution < 1.29 is 4.74 Å². The molecule has 0 saturated heterocycles. The monoisotopic (exact) mass is 353 g/mol. The number of nitrogens with one attached hydrogen (secondary N) is 1. The van der Waals surface area contributed by atoms with Crippen molar-refractivity contribution in [3.05, 3.63) is 108 Å². The molecule has 0 atom stereocenters. The first-order chi connectivity index (χ1) is 13.3. The van der Waals surface area contributed by atoms with Gasteiger partial charge < -0.3 is 10.1 Å². The number of para-hydroxylation sites is 2. The van der Waals surface area contributed by atoms with Gasteiger partial charge in [0, 0.05) is 17.8 Å². The lowest BCUT2D eigenvalue weighted by atomic mass is 10.1. The summed E-state index contributed by atoms with van der Waals surface area (Å²) in [6.45, 7) is 3.41. The maximum absolute atomic E-state index is 6.21. The summed E-state index contributed by atoms with van der Waals surface area (Å²) >= 11 is 0. The summed E-state index contributed by atoms with van der Waals surface area (Å²) in [5, 5.41) is 6.01. The van der Waals surface area contributed by atoms with E-state index in [1.807, 2.05) is 12.1 Å². The second-order valence-corrected chi connectivity index (χ2v) is 6.70. The van der Waals surface area contributed by atoms with Crippen molar-refractivity contribution in [3.8, 4) is 5.75 Å². The predicted molar refractivity (Wildman–Crippen MR) is 113 cm³/mol. The summed E-state index contributed by atoms with van der Waals surface area (Å²) in [5.74, 6) is 0.923. The van der Waals surface area contributed by atoms with Crippen LogP contribution in [0, 0.1) is 6.92 Å². The minimum atomic E-state index is 0.558. The van der Waals surface area contributed by atoms with Crippen molar-refractivity contribution >= 4 is 16.5 Å². The van der Waals surface area contributed by atoms with Crippen LogP contribution in [-0.2, 0) is 13.2 Å². The smallest absolute Gasteiger partial charge is 0.124 e. The van der Waals surface area contributed by atoms with E-state index in [2.05, 4.69) is 91.1 Å². The van der Waals surface area contributed by atoms with E-state index < -0.39 is 0 Å². The van der Waals surface area contributed by atoms with Crippen molar-refractivity contribution in [2.24, 2.45) is 0 Å². The zero-order valence-electron chi connectivity index (χ0n) is 15.5. The fraction of sp³-hybridized carbons (Fsp3) is 0.120. The molecule has 0 amide bonds. The molecule has 1 N–H and O–H groups in total. The van der Waals surface area contributed by atoms with E-state index in [1.54, 1.807) is 0 Å². The van der Waals surface area contributed by atoms with Crippen LogP contribution in [0.1, 0.15) is 16.7 Å². The van der Waals surface area contributed by atoms with Crippen LogP contribution in [0.2, 0.25) is 0 Å². The second kappa shape index (κ2) is 7.96. The molecule has 4 aromatic carbocycles. The molecule has 0 aliphatic carbocycles. The Labute approximate surface area is 160 Å². The van der Waals surface area contributed by atoms with Crippen molar-refractivity contribution in [1.82, 2.24) is 0 Å². The zero-order chi connectivity index (χ0) is 18.5. The van der Waals surface area contributed by atoms with E-state index in [0.717, 1.165) is 23.5 Å². The third-order valence-electron chi connectivity index (χ3n) is 4.85. The van der Waals surface area contributed by atoms with Gasteiger partial charge in [-0.1, -0.05) is 78.9 Å². The minimum Gasteiger partial charge on any atom is -0.489 e. The molecule has 0 spiro atoms. The van der Waals surface area contributed by atoms with Gasteiger partial charge in [-0.2, -0.15) is 0 Å². The molecule has 134 valence electrons. The van der Waals surface area contributed by atoms with Crippen molar-refractivity contribution in [2.45, 2.75) is 20.1 Å². The summed E-state index contributed by atoms with van der Waals surface area (Å²) in [5.41, 5.74) is 4.75. The van der Waals surface area contributed by atoms with Crippen LogP contribution in [0.4, 0.5) is 5.69 Å². The van der Waals surface area contributed by atoms with Gasteiger partial charge in [0.15, 0.2) is 0 Å². The lowest BCUT2D eigenvalue weighted by Gasteiger charge is -2.15. The highest BCUT2D eigenvalue weighted by molar-refractivity contribution is 5.85. The summed E-state index contributed by atoms with van der Waals surface area (Å²) in [6.07, 6.45) is 0. The van der Waals surface area contributed by atoms with Crippen LogP contribution in [0.5, 0.6) is 5.75 Å². The minimum absolute atomic E-state index is 0.558. The Morgan fingerprint density at radius 2 is 1.41 bits per heavy atom. The molecule has 2 nitrogen and oxygen atoms in total. The fourth-order valence-electron chi connectivity index (χ4n) is 3.33. The van der Waals surface area contributed by atoms with Crippen LogP contribution < -0.4 is 10.1 Å². The van der Waals surface area contributed by atoms with Crippen LogP contribution in [-0.4, -0.2) is 0 Å². The highest BCUT2D eigenvalue weighted by Crippen LogP contribution is 2.24. The van der Waals surface area contributed by atoms with E-state index in [1.165, 1.54) is 21.9 Å². The van der Waals surface area contributed by atoms with Gasteiger partial charge in [-0.15, -0.1) is 0 Å². The molecule has 4 aromatic rings. The van der Waals surface area contributed by atoms with Crippen LogP contribution >= 0.6 is 0 Å². The molecule has 0 aromatic heterocycles. The Bertz CT molecular complexity index is 1050. The highest BCUT2D eigenvalue weighted by Gasteiger charge is 2.06. The fourth-order valence-corrected chi connectivity index (χ4v) is 3.33. The first kappa shape index (κ1) is 17.2. The van der Waals surface area contributed by atoms with Gasteiger partial charge in [0.25, 0.3) is 0 Å². The van der Waals surface area contributed by atoms with Gasteiger partial charge in [-0.05, 0) is 41.0 Å². The summed E-state index contributed by atoms with van der Waals surface area (Å²) in [6, 6.07) is 31.4. The van der Waals surface area contributed by atoms with E-state index in [4.69, 9.17) is 4.74 Å². The number of ether oxygens (including phenoxy) is 1. The van der Waals surface area contributed by atoms with Gasteiger partial charge in [0.05, 0.1) is 0 Å². The first-order valence-corrected chi connectivity index (χ1v) is 9.28. The molecule has 0 unspecified atom stereocenters. The van der Waals surface area contributed by atoms with E-state index >= 15 is 0 Å². The van der Waals surface area contributed by atoms with Gasteiger partial charge in [0.1, 0.15) is 12.4 Å². The zero-order valence-corrected chi connectivity index (χ0v) is 15.5. The Kier molecular flexibility index (Phi) is 5.06.